The lowest BCUT2D eigenvalue weighted by molar-refractivity contribution is 0.104. The topological polar surface area (TPSA) is 124 Å². The number of hydrogen-bond donors (Lipinski definition) is 3. The molecule has 104 valence electrons. The van der Waals surface area contributed by atoms with Crippen LogP contribution >= 0.6 is 0 Å². The first-order valence-corrected chi connectivity index (χ1v) is 6.19. The molecule has 21 heavy (non-hydrogen) atoms. The molecule has 5 N–H and O–H groups in total. The maximum Gasteiger partial charge on any atom is 0.224 e. The predicted octanol–water partition coefficient (Wildman–Crippen LogP) is 1.41. The second-order valence-electron chi connectivity index (χ2n) is 4.35. The smallest absolute Gasteiger partial charge is 0.224 e. The number of allylic oxidation sites excluding steroid dienone is 1. The number of aromatic amines is 1. The van der Waals surface area contributed by atoms with E-state index in [0.717, 1.165) is 0 Å². The van der Waals surface area contributed by atoms with Gasteiger partial charge in [0.25, 0.3) is 0 Å². The number of nitrogens with two attached hydrogens (primary N) is 2. The first-order chi connectivity index (χ1) is 10.1. The molecule has 1 aromatic carbocycles. The van der Waals surface area contributed by atoms with E-state index in [2.05, 4.69) is 19.9 Å². The van der Waals surface area contributed by atoms with Crippen molar-refractivity contribution in [1.29, 1.82) is 0 Å². The molecule has 0 aliphatic carbocycles. The molecule has 0 aliphatic heterocycles. The van der Waals surface area contributed by atoms with E-state index in [1.165, 1.54) is 6.08 Å². The first kappa shape index (κ1) is 12.8. The summed E-state index contributed by atoms with van der Waals surface area (Å²) in [5, 5.41) is 0. The van der Waals surface area contributed by atoms with Crippen molar-refractivity contribution >= 4 is 34.8 Å². The predicted molar refractivity (Wildman–Crippen MR) is 80.3 cm³/mol. The maximum absolute atomic E-state index is 12.0. The van der Waals surface area contributed by atoms with E-state index in [1.54, 1.807) is 30.3 Å². The Balaban J connectivity index is 1.90. The van der Waals surface area contributed by atoms with Gasteiger partial charge >= 0.3 is 0 Å². The van der Waals surface area contributed by atoms with E-state index in [-0.39, 0.29) is 17.5 Å². The number of nitrogen functional groups attached to an aromatic ring is 2. The van der Waals surface area contributed by atoms with Gasteiger partial charge in [-0.25, -0.2) is 4.98 Å². The van der Waals surface area contributed by atoms with Crippen LogP contribution < -0.4 is 11.5 Å². The van der Waals surface area contributed by atoms with Crippen molar-refractivity contribution in [3.8, 4) is 0 Å². The van der Waals surface area contributed by atoms with Gasteiger partial charge in [-0.05, 0) is 12.2 Å². The quantitative estimate of drug-likeness (QED) is 0.492. The molecular weight excluding hydrogens is 268 g/mol. The number of hydrogen-bond acceptors (Lipinski definition) is 6. The van der Waals surface area contributed by atoms with Gasteiger partial charge < -0.3 is 16.5 Å². The fourth-order valence-corrected chi connectivity index (χ4v) is 1.89. The van der Waals surface area contributed by atoms with Gasteiger partial charge in [0.2, 0.25) is 5.95 Å². The number of rotatable bonds is 3. The molecular formula is C14H12N6O. The highest BCUT2D eigenvalue weighted by atomic mass is 16.1. The highest BCUT2D eigenvalue weighted by molar-refractivity contribution is 6.06. The molecule has 0 saturated carbocycles. The number of carbonyl (C=O) groups excluding carboxylic acids is 1. The third kappa shape index (κ3) is 2.57. The van der Waals surface area contributed by atoms with Crippen LogP contribution in [-0.2, 0) is 0 Å². The Morgan fingerprint density at radius 2 is 1.86 bits per heavy atom. The zero-order valence-electron chi connectivity index (χ0n) is 10.9. The summed E-state index contributed by atoms with van der Waals surface area (Å²) in [5.74, 6) is 0.622. The van der Waals surface area contributed by atoms with Crippen molar-refractivity contribution in [3.05, 3.63) is 47.8 Å². The average Bonchev–Trinajstić information content (AvgIpc) is 2.89. The molecule has 2 heterocycles. The number of anilines is 2. The fraction of sp³-hybridized carbons (Fsp3) is 0. The van der Waals surface area contributed by atoms with E-state index in [0.29, 0.717) is 22.6 Å². The number of nitrogens with zero attached hydrogens (tertiary/aromatic N) is 3. The highest BCUT2D eigenvalue weighted by Crippen LogP contribution is 2.16. The van der Waals surface area contributed by atoms with E-state index >= 15 is 0 Å². The van der Waals surface area contributed by atoms with Crippen LogP contribution in [0.15, 0.2) is 36.4 Å². The number of imidazole rings is 1. The van der Waals surface area contributed by atoms with Gasteiger partial charge in [-0.3, -0.25) is 4.79 Å². The number of ketones is 1. The number of benzene rings is 1. The fourth-order valence-electron chi connectivity index (χ4n) is 1.89. The Labute approximate surface area is 119 Å². The second kappa shape index (κ2) is 5.04. The zero-order chi connectivity index (χ0) is 14.8. The van der Waals surface area contributed by atoms with Crippen LogP contribution in [0.3, 0.4) is 0 Å². The number of fused-ring (bicyclic) bond motifs is 1. The molecule has 7 heteroatoms. The number of aromatic nitrogens is 4. The Kier molecular flexibility index (Phi) is 3.07. The molecule has 0 unspecified atom stereocenters. The lowest BCUT2D eigenvalue weighted by Gasteiger charge is -1.94. The van der Waals surface area contributed by atoms with Gasteiger partial charge in [0.15, 0.2) is 17.2 Å². The number of carbonyl (C=O) groups is 1. The minimum Gasteiger partial charge on any atom is -0.382 e. The molecule has 3 rings (SSSR count). The third-order valence-electron chi connectivity index (χ3n) is 2.87. The van der Waals surface area contributed by atoms with Crippen LogP contribution in [0.4, 0.5) is 11.8 Å². The second-order valence-corrected chi connectivity index (χ2v) is 4.35. The van der Waals surface area contributed by atoms with Crippen molar-refractivity contribution in [1.82, 2.24) is 19.9 Å². The Hall–Kier alpha value is -3.22. The maximum atomic E-state index is 12.0. The summed E-state index contributed by atoms with van der Waals surface area (Å²) in [5.41, 5.74) is 12.7. The first-order valence-electron chi connectivity index (χ1n) is 6.19. The number of nitrogens with one attached hydrogen (secondary N) is 1. The van der Waals surface area contributed by atoms with Gasteiger partial charge in [-0.2, -0.15) is 9.97 Å². The molecule has 0 bridgehead atoms. The molecule has 0 spiro atoms. The molecule has 3 aromatic rings. The van der Waals surface area contributed by atoms with E-state index in [1.807, 2.05) is 6.07 Å². The van der Waals surface area contributed by atoms with Crippen LogP contribution in [-0.4, -0.2) is 25.7 Å². The summed E-state index contributed by atoms with van der Waals surface area (Å²) in [6.45, 7) is 0. The summed E-state index contributed by atoms with van der Waals surface area (Å²) in [4.78, 5) is 26.9. The standard InChI is InChI=1S/C14H12N6O/c15-12-11-13(20-14(16)19-12)18-10(17-11)7-6-9(21)8-4-2-1-3-5-8/h1-7H,(H5,15,16,17,18,19,20)/b7-6+. The lowest BCUT2D eigenvalue weighted by atomic mass is 10.1. The summed E-state index contributed by atoms with van der Waals surface area (Å²) in [6.07, 6.45) is 2.99. The van der Waals surface area contributed by atoms with Gasteiger partial charge in [-0.1, -0.05) is 30.3 Å². The Morgan fingerprint density at radius 3 is 2.62 bits per heavy atom. The van der Waals surface area contributed by atoms with Gasteiger partial charge in [0.1, 0.15) is 11.3 Å². The van der Waals surface area contributed by atoms with Gasteiger partial charge in [-0.15, -0.1) is 0 Å². The lowest BCUT2D eigenvalue weighted by Crippen LogP contribution is -1.99. The molecule has 0 radical (unpaired) electrons. The molecule has 0 aliphatic rings. The molecule has 0 atom stereocenters. The molecule has 0 saturated heterocycles. The van der Waals surface area contributed by atoms with Crippen molar-refractivity contribution in [2.75, 3.05) is 11.5 Å². The van der Waals surface area contributed by atoms with Crippen molar-refractivity contribution in [3.63, 3.8) is 0 Å². The van der Waals surface area contributed by atoms with Crippen LogP contribution in [0.5, 0.6) is 0 Å². The van der Waals surface area contributed by atoms with E-state index in [4.69, 9.17) is 11.5 Å². The summed E-state index contributed by atoms with van der Waals surface area (Å²) < 4.78 is 0. The van der Waals surface area contributed by atoms with Crippen LogP contribution in [0.1, 0.15) is 16.2 Å². The molecule has 0 fully saturated rings. The van der Waals surface area contributed by atoms with Crippen molar-refractivity contribution in [2.45, 2.75) is 0 Å². The van der Waals surface area contributed by atoms with E-state index < -0.39 is 0 Å². The SMILES string of the molecule is Nc1nc(N)c2[nH]c(/C=C/C(=O)c3ccccc3)nc2n1. The molecule has 0 amide bonds. The molecule has 7 nitrogen and oxygen atoms in total. The minimum atomic E-state index is -0.116. The normalized spacial score (nSPS) is 11.2. The largest absolute Gasteiger partial charge is 0.382 e. The third-order valence-corrected chi connectivity index (χ3v) is 2.87. The van der Waals surface area contributed by atoms with Crippen LogP contribution in [0.25, 0.3) is 17.2 Å². The monoisotopic (exact) mass is 280 g/mol. The summed E-state index contributed by atoms with van der Waals surface area (Å²) >= 11 is 0. The summed E-state index contributed by atoms with van der Waals surface area (Å²) in [6, 6.07) is 8.96. The minimum absolute atomic E-state index is 0.0578. The van der Waals surface area contributed by atoms with Crippen molar-refractivity contribution in [2.24, 2.45) is 0 Å². The van der Waals surface area contributed by atoms with Crippen LogP contribution in [0.2, 0.25) is 0 Å². The molecule has 2 aromatic heterocycles. The van der Waals surface area contributed by atoms with Gasteiger partial charge in [0, 0.05) is 5.56 Å². The van der Waals surface area contributed by atoms with E-state index in [9.17, 15) is 4.79 Å². The Bertz CT molecular complexity index is 837. The Morgan fingerprint density at radius 1 is 1.10 bits per heavy atom. The average molecular weight is 280 g/mol. The zero-order valence-corrected chi connectivity index (χ0v) is 10.9. The van der Waals surface area contributed by atoms with Crippen molar-refractivity contribution < 1.29 is 4.79 Å². The van der Waals surface area contributed by atoms with Crippen LogP contribution in [0, 0.1) is 0 Å². The number of H-pyrrole nitrogens is 1. The van der Waals surface area contributed by atoms with Gasteiger partial charge in [0.05, 0.1) is 0 Å². The highest BCUT2D eigenvalue weighted by Gasteiger charge is 2.08. The summed E-state index contributed by atoms with van der Waals surface area (Å²) in [7, 11) is 0.